The lowest BCUT2D eigenvalue weighted by Gasteiger charge is -2.06. The number of Topliss-reactive ketones (excluding diaryl/α,β-unsaturated/α-hetero) is 1. The molecule has 0 aliphatic heterocycles. The number of ether oxygens (including phenoxy) is 1. The number of methoxy groups -OCH3 is 1. The minimum absolute atomic E-state index is 0.0506. The van der Waals surface area contributed by atoms with Crippen LogP contribution in [0.15, 0.2) is 42.6 Å². The number of pyridine rings is 1. The fraction of sp³-hybridized carbons (Fsp3) is 0.200. The van der Waals surface area contributed by atoms with Crippen LogP contribution < -0.4 is 4.74 Å². The van der Waals surface area contributed by atoms with Crippen molar-refractivity contribution in [3.8, 4) is 11.5 Å². The highest BCUT2D eigenvalue weighted by molar-refractivity contribution is 5.98. The molecule has 0 atom stereocenters. The molecule has 0 unspecified atom stereocenters. The second-order valence-electron chi connectivity index (χ2n) is 4.13. The van der Waals surface area contributed by atoms with Gasteiger partial charge in [0.1, 0.15) is 11.5 Å². The molecule has 4 nitrogen and oxygen atoms in total. The summed E-state index contributed by atoms with van der Waals surface area (Å²) in [6, 6.07) is 10.3. The third-order valence-electron chi connectivity index (χ3n) is 2.84. The molecule has 1 N–H and O–H groups in total. The van der Waals surface area contributed by atoms with Crippen LogP contribution in [0.1, 0.15) is 22.5 Å². The molecule has 4 heteroatoms. The summed E-state index contributed by atoms with van der Waals surface area (Å²) in [7, 11) is 1.51. The van der Waals surface area contributed by atoms with Gasteiger partial charge in [-0.25, -0.2) is 0 Å². The fourth-order valence-electron chi connectivity index (χ4n) is 1.80. The number of ketones is 1. The summed E-state index contributed by atoms with van der Waals surface area (Å²) in [5.74, 6) is 0.370. The number of aryl methyl sites for hydroxylation is 1. The molecule has 0 saturated heterocycles. The van der Waals surface area contributed by atoms with Gasteiger partial charge in [0.05, 0.1) is 12.7 Å². The van der Waals surface area contributed by atoms with Crippen LogP contribution in [0.3, 0.4) is 0 Å². The van der Waals surface area contributed by atoms with Crippen LogP contribution >= 0.6 is 0 Å². The Bertz CT molecular complexity index is 567. The van der Waals surface area contributed by atoms with Crippen LogP contribution in [0.25, 0.3) is 0 Å². The number of carbonyl (C=O) groups excluding carboxylic acids is 1. The van der Waals surface area contributed by atoms with E-state index in [1.54, 1.807) is 18.3 Å². The molecule has 1 aromatic carbocycles. The average Bonchev–Trinajstić information content (AvgIpc) is 2.45. The molecule has 2 aromatic rings. The van der Waals surface area contributed by atoms with Crippen LogP contribution in [0, 0.1) is 0 Å². The number of benzene rings is 1. The van der Waals surface area contributed by atoms with Crippen molar-refractivity contribution >= 4 is 5.78 Å². The third-order valence-corrected chi connectivity index (χ3v) is 2.84. The highest BCUT2D eigenvalue weighted by atomic mass is 16.5. The highest BCUT2D eigenvalue weighted by Gasteiger charge is 2.12. The number of aromatic nitrogens is 1. The van der Waals surface area contributed by atoms with E-state index in [4.69, 9.17) is 4.74 Å². The van der Waals surface area contributed by atoms with E-state index < -0.39 is 0 Å². The minimum Gasteiger partial charge on any atom is -0.507 e. The maximum Gasteiger partial charge on any atom is 0.166 e. The molecule has 0 amide bonds. The van der Waals surface area contributed by atoms with Crippen LogP contribution in [-0.2, 0) is 6.42 Å². The molecule has 19 heavy (non-hydrogen) atoms. The van der Waals surface area contributed by atoms with Crippen molar-refractivity contribution in [2.24, 2.45) is 0 Å². The van der Waals surface area contributed by atoms with Crippen molar-refractivity contribution in [2.45, 2.75) is 12.8 Å². The monoisotopic (exact) mass is 257 g/mol. The van der Waals surface area contributed by atoms with Gasteiger partial charge in [-0.3, -0.25) is 9.78 Å². The van der Waals surface area contributed by atoms with Crippen LogP contribution in [-0.4, -0.2) is 23.0 Å². The van der Waals surface area contributed by atoms with Crippen molar-refractivity contribution in [1.29, 1.82) is 0 Å². The van der Waals surface area contributed by atoms with E-state index in [-0.39, 0.29) is 11.5 Å². The number of aromatic hydroxyl groups is 1. The predicted octanol–water partition coefficient (Wildman–Crippen LogP) is 2.61. The number of hydrogen-bond donors (Lipinski definition) is 1. The first-order chi connectivity index (χ1) is 9.20. The molecule has 1 aromatic heterocycles. The molecule has 0 fully saturated rings. The lowest BCUT2D eigenvalue weighted by atomic mass is 10.0. The maximum atomic E-state index is 12.0. The molecule has 0 spiro atoms. The first-order valence-electron chi connectivity index (χ1n) is 6.01. The summed E-state index contributed by atoms with van der Waals surface area (Å²) >= 11 is 0. The molecule has 0 bridgehead atoms. The van der Waals surface area contributed by atoms with E-state index in [9.17, 15) is 9.90 Å². The summed E-state index contributed by atoms with van der Waals surface area (Å²) in [4.78, 5) is 16.2. The Hall–Kier alpha value is -2.36. The van der Waals surface area contributed by atoms with E-state index in [0.717, 1.165) is 5.69 Å². The quantitative estimate of drug-likeness (QED) is 0.836. The van der Waals surface area contributed by atoms with Crippen molar-refractivity contribution in [1.82, 2.24) is 4.98 Å². The topological polar surface area (TPSA) is 59.4 Å². The summed E-state index contributed by atoms with van der Waals surface area (Å²) in [6.45, 7) is 0. The number of phenols is 1. The average molecular weight is 257 g/mol. The molecular formula is C15H15NO3. The Morgan fingerprint density at radius 3 is 2.79 bits per heavy atom. The lowest BCUT2D eigenvalue weighted by Crippen LogP contribution is -2.02. The van der Waals surface area contributed by atoms with Crippen molar-refractivity contribution in [2.75, 3.05) is 7.11 Å². The van der Waals surface area contributed by atoms with E-state index in [1.165, 1.54) is 13.2 Å². The van der Waals surface area contributed by atoms with Crippen LogP contribution in [0.5, 0.6) is 11.5 Å². The Morgan fingerprint density at radius 1 is 1.32 bits per heavy atom. The third kappa shape index (κ3) is 3.31. The van der Waals surface area contributed by atoms with Crippen LogP contribution in [0.4, 0.5) is 0 Å². The Morgan fingerprint density at radius 2 is 2.16 bits per heavy atom. The van der Waals surface area contributed by atoms with E-state index in [0.29, 0.717) is 24.2 Å². The van der Waals surface area contributed by atoms with Gasteiger partial charge >= 0.3 is 0 Å². The Balaban J connectivity index is 2.04. The van der Waals surface area contributed by atoms with Crippen molar-refractivity contribution in [3.05, 3.63) is 53.9 Å². The SMILES string of the molecule is COc1ccc(C(=O)CCc2ccccn2)c(O)c1. The second kappa shape index (κ2) is 6.00. The first-order valence-corrected chi connectivity index (χ1v) is 6.01. The van der Waals surface area contributed by atoms with Crippen molar-refractivity contribution in [3.63, 3.8) is 0 Å². The second-order valence-corrected chi connectivity index (χ2v) is 4.13. The molecule has 1 heterocycles. The zero-order valence-corrected chi connectivity index (χ0v) is 10.7. The zero-order chi connectivity index (χ0) is 13.7. The molecule has 0 radical (unpaired) electrons. The predicted molar refractivity (Wildman–Crippen MR) is 71.5 cm³/mol. The molecule has 0 aliphatic carbocycles. The zero-order valence-electron chi connectivity index (χ0n) is 10.7. The van der Waals surface area contributed by atoms with Gasteiger partial charge < -0.3 is 9.84 Å². The number of phenolic OH excluding ortho intramolecular Hbond substituents is 1. The Kier molecular flexibility index (Phi) is 4.13. The normalized spacial score (nSPS) is 10.2. The smallest absolute Gasteiger partial charge is 0.166 e. The molecule has 2 rings (SSSR count). The Labute approximate surface area is 111 Å². The lowest BCUT2D eigenvalue weighted by molar-refractivity contribution is 0.0980. The van der Waals surface area contributed by atoms with Gasteiger partial charge in [-0.15, -0.1) is 0 Å². The summed E-state index contributed by atoms with van der Waals surface area (Å²) in [5.41, 5.74) is 1.18. The van der Waals surface area contributed by atoms with Gasteiger partial charge in [-0.2, -0.15) is 0 Å². The van der Waals surface area contributed by atoms with Gasteiger partial charge in [0, 0.05) is 24.4 Å². The first kappa shape index (κ1) is 13.1. The standard InChI is InChI=1S/C15H15NO3/c1-19-12-6-7-13(15(18)10-12)14(17)8-5-11-4-2-3-9-16-11/h2-4,6-7,9-10,18H,5,8H2,1H3. The maximum absolute atomic E-state index is 12.0. The number of rotatable bonds is 5. The van der Waals surface area contributed by atoms with Crippen molar-refractivity contribution < 1.29 is 14.6 Å². The summed E-state index contributed by atoms with van der Waals surface area (Å²) in [5, 5.41) is 9.77. The number of hydrogen-bond acceptors (Lipinski definition) is 4. The highest BCUT2D eigenvalue weighted by Crippen LogP contribution is 2.24. The van der Waals surface area contributed by atoms with Gasteiger partial charge in [0.15, 0.2) is 5.78 Å². The van der Waals surface area contributed by atoms with Gasteiger partial charge in [0.2, 0.25) is 0 Å². The van der Waals surface area contributed by atoms with Gasteiger partial charge in [0.25, 0.3) is 0 Å². The summed E-state index contributed by atoms with van der Waals surface area (Å²) in [6.07, 6.45) is 2.58. The van der Waals surface area contributed by atoms with Gasteiger partial charge in [-0.05, 0) is 30.7 Å². The van der Waals surface area contributed by atoms with E-state index in [1.807, 2.05) is 18.2 Å². The van der Waals surface area contributed by atoms with Gasteiger partial charge in [-0.1, -0.05) is 6.07 Å². The summed E-state index contributed by atoms with van der Waals surface area (Å²) < 4.78 is 4.98. The van der Waals surface area contributed by atoms with E-state index >= 15 is 0 Å². The number of carbonyl (C=O) groups is 1. The molecule has 0 saturated carbocycles. The molecule has 98 valence electrons. The molecular weight excluding hydrogens is 242 g/mol. The van der Waals surface area contributed by atoms with E-state index in [2.05, 4.69) is 4.98 Å². The largest absolute Gasteiger partial charge is 0.507 e. The minimum atomic E-state index is -0.106. The van der Waals surface area contributed by atoms with Crippen LogP contribution in [0.2, 0.25) is 0 Å². The number of nitrogens with zero attached hydrogens (tertiary/aromatic N) is 1. The fourth-order valence-corrected chi connectivity index (χ4v) is 1.80. The molecule has 0 aliphatic rings.